The van der Waals surface area contributed by atoms with E-state index >= 15 is 0 Å². The van der Waals surface area contributed by atoms with Crippen molar-refractivity contribution >= 4 is 54.4 Å². The van der Waals surface area contributed by atoms with Crippen LogP contribution in [0.2, 0.25) is 0 Å². The molecule has 0 N–H and O–H groups in total. The molecule has 2 heteroatoms. The predicted molar refractivity (Wildman–Crippen MR) is 132 cm³/mol. The highest BCUT2D eigenvalue weighted by molar-refractivity contribution is 6.32. The lowest BCUT2D eigenvalue weighted by Crippen LogP contribution is -2.11. The van der Waals surface area contributed by atoms with E-state index in [-0.39, 0.29) is 11.1 Å². The summed E-state index contributed by atoms with van der Waals surface area (Å²) in [7, 11) is 0. The number of benzene rings is 4. The number of aryl methyl sites for hydroxylation is 1. The number of para-hydroxylation sites is 1. The van der Waals surface area contributed by atoms with Crippen LogP contribution in [0, 0.1) is 12.3 Å². The molecule has 31 heavy (non-hydrogen) atoms. The molecule has 0 fully saturated rings. The highest BCUT2D eigenvalue weighted by Crippen LogP contribution is 2.43. The van der Waals surface area contributed by atoms with Gasteiger partial charge < -0.3 is 4.42 Å². The summed E-state index contributed by atoms with van der Waals surface area (Å²) in [5.74, 6) is 0. The van der Waals surface area contributed by atoms with Crippen molar-refractivity contribution in [2.24, 2.45) is 5.41 Å². The van der Waals surface area contributed by atoms with E-state index in [1.54, 1.807) is 20.8 Å². The Labute approximate surface area is 188 Å². The molecule has 0 bridgehead atoms. The van der Waals surface area contributed by atoms with Crippen molar-refractivity contribution in [1.29, 1.82) is 0 Å². The number of fused-ring (bicyclic) bond motifs is 10. The van der Waals surface area contributed by atoms with Crippen molar-refractivity contribution < 1.29 is 11.3 Å². The largest absolute Gasteiger partial charge is 0.455 e. The first-order valence-corrected chi connectivity index (χ1v) is 10.5. The van der Waals surface area contributed by atoms with Gasteiger partial charge in [-0.2, -0.15) is 0 Å². The van der Waals surface area contributed by atoms with Gasteiger partial charge in [-0.25, -0.2) is 0 Å². The zero-order chi connectivity index (χ0) is 25.6. The van der Waals surface area contributed by atoms with Crippen LogP contribution in [0.1, 0.15) is 38.8 Å². The van der Waals surface area contributed by atoms with Crippen LogP contribution in [-0.4, -0.2) is 4.98 Å². The van der Waals surface area contributed by atoms with Crippen LogP contribution in [0.5, 0.6) is 0 Å². The second-order valence-electron chi connectivity index (χ2n) is 9.15. The molecule has 152 valence electrons. The molecule has 2 aromatic heterocycles. The summed E-state index contributed by atoms with van der Waals surface area (Å²) in [5.41, 5.74) is 1.30. The van der Waals surface area contributed by atoms with Gasteiger partial charge in [0.25, 0.3) is 0 Å². The van der Waals surface area contributed by atoms with E-state index in [9.17, 15) is 2.74 Å². The number of pyridine rings is 1. The van der Waals surface area contributed by atoms with Gasteiger partial charge in [0.1, 0.15) is 11.2 Å². The lowest BCUT2D eigenvalue weighted by Gasteiger charge is -2.22. The number of nitrogens with zero attached hydrogens (tertiary/aromatic N) is 1. The topological polar surface area (TPSA) is 26.0 Å². The van der Waals surface area contributed by atoms with E-state index in [4.69, 9.17) is 8.53 Å². The molecule has 0 atom stereocenters. The van der Waals surface area contributed by atoms with E-state index in [2.05, 4.69) is 4.98 Å². The quantitative estimate of drug-likeness (QED) is 0.256. The Balaban J connectivity index is 1.96. The smallest absolute Gasteiger partial charge is 0.143 e. The summed E-state index contributed by atoms with van der Waals surface area (Å²) in [4.78, 5) is 4.65. The third-order valence-corrected chi connectivity index (χ3v) is 5.85. The fraction of sp³-hybridized carbons (Fsp3) is 0.207. The van der Waals surface area contributed by atoms with Crippen molar-refractivity contribution in [1.82, 2.24) is 4.98 Å². The second-order valence-corrected chi connectivity index (χ2v) is 9.15. The van der Waals surface area contributed by atoms with Crippen LogP contribution >= 0.6 is 0 Å². The fourth-order valence-electron chi connectivity index (χ4n) is 4.65. The predicted octanol–water partition coefficient (Wildman–Crippen LogP) is 8.34. The third kappa shape index (κ3) is 2.68. The molecule has 6 aromatic rings. The fourth-order valence-corrected chi connectivity index (χ4v) is 4.65. The SMILES string of the molecule is [2H]C([2H])([2H])c1cnc2c3ccccc3c3c(ccc4c5ccccc5oc43)c2c1C([2H])([2H])C(C)(C)C. The van der Waals surface area contributed by atoms with Gasteiger partial charge in [-0.15, -0.1) is 0 Å². The molecule has 0 aliphatic rings. The van der Waals surface area contributed by atoms with Crippen LogP contribution in [0.4, 0.5) is 0 Å². The minimum atomic E-state index is -2.53. The molecule has 2 heterocycles. The standard InChI is InChI=1S/C29H25NO/c1-17-16-30-27-20-11-6-5-10-19(20)26-22(25(27)23(17)15-29(2,3)4)14-13-21-18-9-7-8-12-24(18)31-28(21)26/h5-14,16H,15H2,1-4H3/i1D3,15D2. The van der Waals surface area contributed by atoms with Crippen LogP contribution in [0.15, 0.2) is 71.3 Å². The molecule has 0 saturated carbocycles. The Morgan fingerprint density at radius 2 is 1.55 bits per heavy atom. The minimum Gasteiger partial charge on any atom is -0.455 e. The highest BCUT2D eigenvalue weighted by Gasteiger charge is 2.21. The third-order valence-electron chi connectivity index (χ3n) is 5.85. The highest BCUT2D eigenvalue weighted by atomic mass is 16.3. The second kappa shape index (κ2) is 6.31. The molecule has 0 unspecified atom stereocenters. The molecular weight excluding hydrogens is 378 g/mol. The summed E-state index contributed by atoms with van der Waals surface area (Å²) < 4.78 is 49.6. The monoisotopic (exact) mass is 408 g/mol. The number of hydrogen-bond donors (Lipinski definition) is 0. The van der Waals surface area contributed by atoms with Gasteiger partial charge in [0.2, 0.25) is 0 Å². The van der Waals surface area contributed by atoms with Crippen LogP contribution in [0.3, 0.4) is 0 Å². The zero-order valence-corrected chi connectivity index (χ0v) is 17.7. The van der Waals surface area contributed by atoms with E-state index in [1.165, 1.54) is 6.20 Å². The van der Waals surface area contributed by atoms with Gasteiger partial charge in [0, 0.05) is 40.0 Å². The van der Waals surface area contributed by atoms with Crippen molar-refractivity contribution in [3.63, 3.8) is 0 Å². The van der Waals surface area contributed by atoms with Gasteiger partial charge in [0.05, 0.1) is 5.52 Å². The lowest BCUT2D eigenvalue weighted by atomic mass is 9.83. The zero-order valence-electron chi connectivity index (χ0n) is 22.7. The summed E-state index contributed by atoms with van der Waals surface area (Å²) in [6.45, 7) is 2.85. The molecule has 6 rings (SSSR count). The molecule has 0 aliphatic heterocycles. The van der Waals surface area contributed by atoms with Crippen LogP contribution < -0.4 is 0 Å². The molecule has 0 radical (unpaired) electrons. The van der Waals surface area contributed by atoms with Gasteiger partial charge in [0.15, 0.2) is 0 Å². The van der Waals surface area contributed by atoms with E-state index in [1.807, 2.05) is 60.7 Å². The molecule has 0 spiro atoms. The molecule has 4 aromatic carbocycles. The molecule has 2 nitrogen and oxygen atoms in total. The van der Waals surface area contributed by atoms with Gasteiger partial charge in [-0.1, -0.05) is 69.3 Å². The lowest BCUT2D eigenvalue weighted by molar-refractivity contribution is 0.412. The minimum absolute atomic E-state index is 0.0591. The first-order chi connectivity index (χ1) is 16.9. The number of furan rings is 1. The Bertz CT molecular complexity index is 1840. The Kier molecular flexibility index (Phi) is 2.81. The maximum atomic E-state index is 9.22. The molecule has 0 aliphatic carbocycles. The summed E-state index contributed by atoms with van der Waals surface area (Å²) in [5, 5.41) is 5.82. The maximum absolute atomic E-state index is 9.22. The van der Waals surface area contributed by atoms with Crippen molar-refractivity contribution in [3.8, 4) is 0 Å². The molecule has 0 amide bonds. The molecular formula is C29H25NO. The van der Waals surface area contributed by atoms with Gasteiger partial charge in [-0.3, -0.25) is 4.98 Å². The average Bonchev–Trinajstić information content (AvgIpc) is 3.20. The van der Waals surface area contributed by atoms with Gasteiger partial charge in [-0.05, 0) is 52.7 Å². The normalized spacial score (nSPS) is 15.9. The first-order valence-electron chi connectivity index (χ1n) is 13.0. The number of aromatic nitrogens is 1. The number of hydrogen-bond acceptors (Lipinski definition) is 2. The Morgan fingerprint density at radius 3 is 2.32 bits per heavy atom. The van der Waals surface area contributed by atoms with Gasteiger partial charge >= 0.3 is 0 Å². The van der Waals surface area contributed by atoms with E-state index in [0.29, 0.717) is 16.5 Å². The summed E-state index contributed by atoms with van der Waals surface area (Å²) in [6.07, 6.45) is -0.623. The van der Waals surface area contributed by atoms with Crippen molar-refractivity contribution in [2.45, 2.75) is 34.0 Å². The van der Waals surface area contributed by atoms with Crippen molar-refractivity contribution in [2.75, 3.05) is 0 Å². The van der Waals surface area contributed by atoms with E-state index in [0.717, 1.165) is 37.9 Å². The van der Waals surface area contributed by atoms with Crippen LogP contribution in [-0.2, 0) is 6.37 Å². The van der Waals surface area contributed by atoms with Crippen molar-refractivity contribution in [3.05, 3.63) is 78.0 Å². The first kappa shape index (κ1) is 13.8. The average molecular weight is 409 g/mol. The molecule has 0 saturated heterocycles. The number of rotatable bonds is 1. The summed E-state index contributed by atoms with van der Waals surface area (Å²) in [6, 6.07) is 19.7. The maximum Gasteiger partial charge on any atom is 0.143 e. The Morgan fingerprint density at radius 1 is 0.839 bits per heavy atom. The summed E-state index contributed by atoms with van der Waals surface area (Å²) >= 11 is 0. The van der Waals surface area contributed by atoms with E-state index < -0.39 is 18.6 Å². The van der Waals surface area contributed by atoms with Crippen LogP contribution in [0.25, 0.3) is 54.4 Å². The Hall–Kier alpha value is -3.39.